The van der Waals surface area contributed by atoms with Crippen LogP contribution in [0.5, 0.6) is 0 Å². The molecule has 0 saturated carbocycles. The zero-order valence-electron chi connectivity index (χ0n) is 11.5. The smallest absolute Gasteiger partial charge is 0.410 e. The van der Waals surface area contributed by atoms with Crippen LogP contribution in [0.1, 0.15) is 32.3 Å². The summed E-state index contributed by atoms with van der Waals surface area (Å²) in [4.78, 5) is 24.0. The largest absolute Gasteiger partial charge is 0.445 e. The maximum atomic E-state index is 11.7. The number of aldehydes is 1. The lowest BCUT2D eigenvalue weighted by Crippen LogP contribution is -2.36. The monoisotopic (exact) mass is 263 g/mol. The summed E-state index contributed by atoms with van der Waals surface area (Å²) < 4.78 is 5.17. The van der Waals surface area contributed by atoms with Crippen molar-refractivity contribution in [3.8, 4) is 0 Å². The molecule has 0 bridgehead atoms. The first-order chi connectivity index (χ1) is 9.31. The van der Waals surface area contributed by atoms with E-state index >= 15 is 0 Å². The second kappa shape index (κ2) is 8.29. The molecule has 1 unspecified atom stereocenters. The van der Waals surface area contributed by atoms with Crippen molar-refractivity contribution >= 4 is 12.4 Å². The van der Waals surface area contributed by atoms with Crippen LogP contribution >= 0.6 is 0 Å². The second-order valence-corrected chi connectivity index (χ2v) is 4.08. The molecule has 19 heavy (non-hydrogen) atoms. The molecule has 0 radical (unpaired) electrons. The van der Waals surface area contributed by atoms with Crippen molar-refractivity contribution in [2.75, 3.05) is 6.54 Å². The van der Waals surface area contributed by atoms with Crippen molar-refractivity contribution < 1.29 is 14.3 Å². The Hall–Kier alpha value is -1.84. The number of likely N-dealkylation sites (tertiary alicyclic amines) is 1. The molecule has 1 atom stereocenters. The minimum Gasteiger partial charge on any atom is -0.445 e. The molecule has 4 heteroatoms. The van der Waals surface area contributed by atoms with E-state index in [9.17, 15) is 9.59 Å². The minimum absolute atomic E-state index is 0.252. The van der Waals surface area contributed by atoms with Gasteiger partial charge < -0.3 is 9.53 Å². The van der Waals surface area contributed by atoms with E-state index < -0.39 is 6.09 Å². The van der Waals surface area contributed by atoms with Gasteiger partial charge in [-0.2, -0.15) is 0 Å². The fourth-order valence-electron chi connectivity index (χ4n) is 1.96. The number of nitrogens with zero attached hydrogens (tertiary/aromatic N) is 1. The van der Waals surface area contributed by atoms with Crippen LogP contribution in [-0.4, -0.2) is 29.9 Å². The first-order valence-electron chi connectivity index (χ1n) is 6.74. The summed E-state index contributed by atoms with van der Waals surface area (Å²) in [7, 11) is 0. The van der Waals surface area contributed by atoms with Crippen LogP contribution in [0.25, 0.3) is 0 Å². The Morgan fingerprint density at radius 2 is 2.05 bits per heavy atom. The van der Waals surface area contributed by atoms with Crippen LogP contribution in [0.4, 0.5) is 4.79 Å². The number of hydrogen-bond acceptors (Lipinski definition) is 3. The van der Waals surface area contributed by atoms with Crippen molar-refractivity contribution in [2.45, 2.75) is 39.3 Å². The molecule has 1 saturated heterocycles. The molecule has 1 aliphatic heterocycles. The number of carbonyl (C=O) groups excluding carboxylic acids is 2. The van der Waals surface area contributed by atoms with Crippen LogP contribution < -0.4 is 0 Å². The van der Waals surface area contributed by atoms with Crippen molar-refractivity contribution in [2.24, 2.45) is 0 Å². The second-order valence-electron chi connectivity index (χ2n) is 4.08. The Morgan fingerprint density at radius 3 is 2.68 bits per heavy atom. The predicted octanol–water partition coefficient (Wildman–Crippen LogP) is 3.01. The van der Waals surface area contributed by atoms with E-state index in [0.717, 1.165) is 24.7 Å². The van der Waals surface area contributed by atoms with Gasteiger partial charge in [0.25, 0.3) is 0 Å². The fraction of sp³-hybridized carbons (Fsp3) is 0.467. The molecule has 2 rings (SSSR count). The quantitative estimate of drug-likeness (QED) is 0.787. The van der Waals surface area contributed by atoms with E-state index in [2.05, 4.69) is 0 Å². The predicted molar refractivity (Wildman–Crippen MR) is 73.8 cm³/mol. The molecular formula is C15H21NO3. The average molecular weight is 263 g/mol. The Morgan fingerprint density at radius 1 is 1.37 bits per heavy atom. The minimum atomic E-state index is -0.400. The number of benzene rings is 1. The highest BCUT2D eigenvalue weighted by atomic mass is 16.6. The van der Waals surface area contributed by atoms with Gasteiger partial charge in [0, 0.05) is 6.54 Å². The van der Waals surface area contributed by atoms with Gasteiger partial charge in [0.05, 0.1) is 6.04 Å². The topological polar surface area (TPSA) is 46.6 Å². The Bertz CT molecular complexity index is 392. The summed E-state index contributed by atoms with van der Waals surface area (Å²) in [6.07, 6.45) is 2.02. The molecular weight excluding hydrogens is 242 g/mol. The average Bonchev–Trinajstić information content (AvgIpc) is 2.96. The molecule has 1 aromatic rings. The third-order valence-electron chi connectivity index (χ3n) is 2.90. The molecule has 1 aliphatic rings. The lowest BCUT2D eigenvalue weighted by Gasteiger charge is -2.19. The van der Waals surface area contributed by atoms with Crippen LogP contribution in [0.3, 0.4) is 0 Å². The molecule has 4 nitrogen and oxygen atoms in total. The summed E-state index contributed by atoms with van der Waals surface area (Å²) in [6.45, 7) is 4.86. The van der Waals surface area contributed by atoms with Crippen LogP contribution in [0, 0.1) is 0 Å². The van der Waals surface area contributed by atoms with E-state index in [0.29, 0.717) is 6.54 Å². The van der Waals surface area contributed by atoms with Gasteiger partial charge in [0.15, 0.2) is 0 Å². The Labute approximate surface area is 114 Å². The molecule has 0 aliphatic carbocycles. The van der Waals surface area contributed by atoms with Gasteiger partial charge in [-0.1, -0.05) is 44.2 Å². The molecule has 104 valence electrons. The van der Waals surface area contributed by atoms with Gasteiger partial charge in [-0.05, 0) is 18.4 Å². The van der Waals surface area contributed by atoms with Crippen molar-refractivity contribution in [3.05, 3.63) is 35.9 Å². The summed E-state index contributed by atoms with van der Waals surface area (Å²) in [5.74, 6) is 0. The number of hydrogen-bond donors (Lipinski definition) is 0. The fourth-order valence-corrected chi connectivity index (χ4v) is 1.96. The third kappa shape index (κ3) is 4.39. The van der Waals surface area contributed by atoms with Crippen molar-refractivity contribution in [3.63, 3.8) is 0 Å². The number of amides is 1. The molecule has 0 spiro atoms. The highest BCUT2D eigenvalue weighted by molar-refractivity contribution is 5.74. The van der Waals surface area contributed by atoms with Crippen LogP contribution in [0.2, 0.25) is 0 Å². The Balaban J connectivity index is 0.000000861. The van der Waals surface area contributed by atoms with Crippen LogP contribution in [0.15, 0.2) is 30.3 Å². The third-order valence-corrected chi connectivity index (χ3v) is 2.90. The summed E-state index contributed by atoms with van der Waals surface area (Å²) in [5, 5.41) is 0. The van der Waals surface area contributed by atoms with E-state index in [-0.39, 0.29) is 12.6 Å². The standard InChI is InChI=1S/C13H15NO3.C2H6/c15-9-12-7-4-8-14(12)13(16)17-10-11-5-2-1-3-6-11;1-2/h1-3,5-6,9,12H,4,7-8,10H2;1-2H3. The lowest BCUT2D eigenvalue weighted by atomic mass is 10.2. The molecule has 1 heterocycles. The SMILES string of the molecule is CC.O=CC1CCCN1C(=O)OCc1ccccc1. The van der Waals surface area contributed by atoms with Gasteiger partial charge in [-0.3, -0.25) is 4.90 Å². The van der Waals surface area contributed by atoms with E-state index in [1.54, 1.807) is 0 Å². The molecule has 1 amide bonds. The maximum Gasteiger partial charge on any atom is 0.410 e. The molecule has 0 aromatic heterocycles. The number of rotatable bonds is 3. The van der Waals surface area contributed by atoms with Crippen LogP contribution in [-0.2, 0) is 16.1 Å². The van der Waals surface area contributed by atoms with Crippen molar-refractivity contribution in [1.82, 2.24) is 4.90 Å². The highest BCUT2D eigenvalue weighted by Gasteiger charge is 2.29. The summed E-state index contributed by atoms with van der Waals surface area (Å²) >= 11 is 0. The van der Waals surface area contributed by atoms with E-state index in [1.807, 2.05) is 44.2 Å². The lowest BCUT2D eigenvalue weighted by molar-refractivity contribution is -0.111. The first-order valence-corrected chi connectivity index (χ1v) is 6.74. The van der Waals surface area contributed by atoms with Gasteiger partial charge in [0.2, 0.25) is 0 Å². The molecule has 0 N–H and O–H groups in total. The number of carbonyl (C=O) groups is 2. The normalized spacial score (nSPS) is 17.4. The first kappa shape index (κ1) is 15.2. The summed E-state index contributed by atoms with van der Waals surface area (Å²) in [5.41, 5.74) is 0.947. The van der Waals surface area contributed by atoms with E-state index in [1.165, 1.54) is 4.90 Å². The molecule has 1 fully saturated rings. The number of ether oxygens (including phenoxy) is 1. The van der Waals surface area contributed by atoms with E-state index in [4.69, 9.17) is 4.74 Å². The molecule has 1 aromatic carbocycles. The van der Waals surface area contributed by atoms with Gasteiger partial charge in [-0.15, -0.1) is 0 Å². The maximum absolute atomic E-state index is 11.7. The van der Waals surface area contributed by atoms with Gasteiger partial charge >= 0.3 is 6.09 Å². The zero-order valence-corrected chi connectivity index (χ0v) is 11.5. The summed E-state index contributed by atoms with van der Waals surface area (Å²) in [6, 6.07) is 9.19. The zero-order chi connectivity index (χ0) is 14.1. The Kier molecular flexibility index (Phi) is 6.64. The van der Waals surface area contributed by atoms with Crippen molar-refractivity contribution in [1.29, 1.82) is 0 Å². The van der Waals surface area contributed by atoms with Gasteiger partial charge in [-0.25, -0.2) is 4.79 Å². The highest BCUT2D eigenvalue weighted by Crippen LogP contribution is 2.16. The van der Waals surface area contributed by atoms with Gasteiger partial charge in [0.1, 0.15) is 12.9 Å².